The van der Waals surface area contributed by atoms with Crippen LogP contribution in [0.4, 0.5) is 0 Å². The summed E-state index contributed by atoms with van der Waals surface area (Å²) in [6.45, 7) is 2.61. The summed E-state index contributed by atoms with van der Waals surface area (Å²) in [7, 11) is -3.41. The Morgan fingerprint density at radius 1 is 1.32 bits per heavy atom. The van der Waals surface area contributed by atoms with Crippen molar-refractivity contribution in [2.45, 2.75) is 38.0 Å². The molecule has 0 radical (unpaired) electrons. The number of benzene rings is 1. The molecule has 2 aromatic rings. The standard InChI is InChI=1S/C16H20N2O3S/c1-2-5-16-15-7-4-3-6-13(15)8-10-18(16)22(19,20)12-14-9-11-21-17-14/h3-4,6-7,9,11,16H,2,5,8,10,12H2,1H3/t16-/m1/s1. The van der Waals surface area contributed by atoms with Crippen LogP contribution in [0.25, 0.3) is 0 Å². The average Bonchev–Trinajstić information content (AvgIpc) is 3.00. The van der Waals surface area contributed by atoms with Crippen LogP contribution in [0.15, 0.2) is 41.1 Å². The highest BCUT2D eigenvalue weighted by Crippen LogP contribution is 2.35. The lowest BCUT2D eigenvalue weighted by atomic mass is 9.92. The number of hydrogen-bond donors (Lipinski definition) is 0. The van der Waals surface area contributed by atoms with Gasteiger partial charge in [-0.05, 0) is 24.0 Å². The maximum Gasteiger partial charge on any atom is 0.220 e. The van der Waals surface area contributed by atoms with E-state index in [9.17, 15) is 8.42 Å². The fourth-order valence-corrected chi connectivity index (χ4v) is 4.78. The zero-order valence-electron chi connectivity index (χ0n) is 12.6. The van der Waals surface area contributed by atoms with Crippen molar-refractivity contribution < 1.29 is 12.9 Å². The number of rotatable bonds is 5. The van der Waals surface area contributed by atoms with Crippen molar-refractivity contribution in [3.8, 4) is 0 Å². The summed E-state index contributed by atoms with van der Waals surface area (Å²) in [6.07, 6.45) is 3.93. The Morgan fingerprint density at radius 2 is 2.14 bits per heavy atom. The molecular formula is C16H20N2O3S. The second kappa shape index (κ2) is 6.22. The zero-order chi connectivity index (χ0) is 15.6. The minimum absolute atomic E-state index is 0.0770. The molecule has 0 bridgehead atoms. The molecule has 5 nitrogen and oxygen atoms in total. The smallest absolute Gasteiger partial charge is 0.220 e. The largest absolute Gasteiger partial charge is 0.364 e. The monoisotopic (exact) mass is 320 g/mol. The van der Waals surface area contributed by atoms with E-state index in [-0.39, 0.29) is 11.8 Å². The van der Waals surface area contributed by atoms with Crippen LogP contribution < -0.4 is 0 Å². The van der Waals surface area contributed by atoms with E-state index in [1.165, 1.54) is 11.8 Å². The molecule has 0 saturated heterocycles. The van der Waals surface area contributed by atoms with Crippen LogP contribution in [-0.2, 0) is 22.2 Å². The predicted octanol–water partition coefficient (Wildman–Crippen LogP) is 2.90. The van der Waals surface area contributed by atoms with E-state index >= 15 is 0 Å². The highest BCUT2D eigenvalue weighted by Gasteiger charge is 2.35. The van der Waals surface area contributed by atoms with Crippen LogP contribution in [0.3, 0.4) is 0 Å². The number of hydrogen-bond acceptors (Lipinski definition) is 4. The Morgan fingerprint density at radius 3 is 2.86 bits per heavy atom. The molecular weight excluding hydrogens is 300 g/mol. The van der Waals surface area contributed by atoms with Crippen LogP contribution >= 0.6 is 0 Å². The molecule has 1 aromatic carbocycles. The van der Waals surface area contributed by atoms with Gasteiger partial charge in [0.05, 0.1) is 5.69 Å². The Bertz CT molecular complexity index is 726. The maximum atomic E-state index is 12.8. The van der Waals surface area contributed by atoms with Gasteiger partial charge in [0.1, 0.15) is 12.0 Å². The number of sulfonamides is 1. The summed E-state index contributed by atoms with van der Waals surface area (Å²) in [6, 6.07) is 9.67. The van der Waals surface area contributed by atoms with E-state index in [1.54, 1.807) is 10.4 Å². The lowest BCUT2D eigenvalue weighted by molar-refractivity contribution is 0.291. The molecule has 118 valence electrons. The summed E-state index contributed by atoms with van der Waals surface area (Å²) in [5.74, 6) is -0.105. The van der Waals surface area contributed by atoms with Gasteiger partial charge in [-0.15, -0.1) is 0 Å². The lowest BCUT2D eigenvalue weighted by Crippen LogP contribution is -2.40. The van der Waals surface area contributed by atoms with Crippen LogP contribution in [-0.4, -0.2) is 24.4 Å². The van der Waals surface area contributed by atoms with E-state index in [0.717, 1.165) is 24.8 Å². The SMILES string of the molecule is CCC[C@@H]1c2ccccc2CCN1S(=O)(=O)Cc1ccon1. The third kappa shape index (κ3) is 2.94. The quantitative estimate of drug-likeness (QED) is 0.850. The minimum Gasteiger partial charge on any atom is -0.364 e. The third-order valence-electron chi connectivity index (χ3n) is 4.10. The molecule has 1 atom stereocenters. The van der Waals surface area contributed by atoms with Gasteiger partial charge in [0.25, 0.3) is 0 Å². The van der Waals surface area contributed by atoms with E-state index in [4.69, 9.17) is 4.52 Å². The van der Waals surface area contributed by atoms with Gasteiger partial charge in [0, 0.05) is 18.7 Å². The van der Waals surface area contributed by atoms with Crippen LogP contribution in [0.2, 0.25) is 0 Å². The summed E-state index contributed by atoms with van der Waals surface area (Å²) < 4.78 is 32.0. The van der Waals surface area contributed by atoms with Crippen molar-refractivity contribution in [3.05, 3.63) is 53.4 Å². The van der Waals surface area contributed by atoms with Gasteiger partial charge in [-0.1, -0.05) is 42.8 Å². The molecule has 0 aliphatic carbocycles. The van der Waals surface area contributed by atoms with Crippen LogP contribution in [0.5, 0.6) is 0 Å². The molecule has 6 heteroatoms. The molecule has 0 amide bonds. The van der Waals surface area contributed by atoms with E-state index in [1.807, 2.05) is 18.2 Å². The Balaban J connectivity index is 1.92. The van der Waals surface area contributed by atoms with Crippen molar-refractivity contribution in [3.63, 3.8) is 0 Å². The number of fused-ring (bicyclic) bond motifs is 1. The highest BCUT2D eigenvalue weighted by atomic mass is 32.2. The summed E-state index contributed by atoms with van der Waals surface area (Å²) in [5, 5.41) is 3.73. The molecule has 0 spiro atoms. The van der Waals surface area contributed by atoms with Crippen molar-refractivity contribution >= 4 is 10.0 Å². The molecule has 1 aliphatic rings. The fraction of sp³-hybridized carbons (Fsp3) is 0.438. The zero-order valence-corrected chi connectivity index (χ0v) is 13.4. The summed E-state index contributed by atoms with van der Waals surface area (Å²) in [4.78, 5) is 0. The summed E-state index contributed by atoms with van der Waals surface area (Å²) >= 11 is 0. The van der Waals surface area contributed by atoms with Crippen molar-refractivity contribution in [2.24, 2.45) is 0 Å². The Kier molecular flexibility index (Phi) is 4.31. The Hall–Kier alpha value is -1.66. The van der Waals surface area contributed by atoms with Crippen LogP contribution in [0.1, 0.15) is 42.6 Å². The highest BCUT2D eigenvalue weighted by molar-refractivity contribution is 7.88. The molecule has 22 heavy (non-hydrogen) atoms. The van der Waals surface area contributed by atoms with Crippen molar-refractivity contribution in [1.82, 2.24) is 9.46 Å². The maximum absolute atomic E-state index is 12.8. The first-order valence-corrected chi connectivity index (χ1v) is 9.19. The third-order valence-corrected chi connectivity index (χ3v) is 5.92. The van der Waals surface area contributed by atoms with Gasteiger partial charge in [-0.2, -0.15) is 4.31 Å². The molecule has 3 rings (SSSR count). The van der Waals surface area contributed by atoms with Gasteiger partial charge >= 0.3 is 0 Å². The molecule has 0 fully saturated rings. The van der Waals surface area contributed by atoms with E-state index < -0.39 is 10.0 Å². The molecule has 0 unspecified atom stereocenters. The molecule has 2 heterocycles. The first-order chi connectivity index (χ1) is 10.6. The fourth-order valence-electron chi connectivity index (χ4n) is 3.12. The number of aromatic nitrogens is 1. The predicted molar refractivity (Wildman–Crippen MR) is 83.6 cm³/mol. The van der Waals surface area contributed by atoms with E-state index in [0.29, 0.717) is 12.2 Å². The van der Waals surface area contributed by atoms with Crippen molar-refractivity contribution in [1.29, 1.82) is 0 Å². The lowest BCUT2D eigenvalue weighted by Gasteiger charge is -2.36. The van der Waals surface area contributed by atoms with Crippen LogP contribution in [0, 0.1) is 0 Å². The van der Waals surface area contributed by atoms with Gasteiger partial charge < -0.3 is 4.52 Å². The first-order valence-electron chi connectivity index (χ1n) is 7.58. The van der Waals surface area contributed by atoms with Crippen molar-refractivity contribution in [2.75, 3.05) is 6.54 Å². The van der Waals surface area contributed by atoms with Gasteiger partial charge in [-0.3, -0.25) is 0 Å². The van der Waals surface area contributed by atoms with E-state index in [2.05, 4.69) is 18.1 Å². The second-order valence-corrected chi connectivity index (χ2v) is 7.53. The van der Waals surface area contributed by atoms with Gasteiger partial charge in [-0.25, -0.2) is 8.42 Å². The Labute approximate surface area is 131 Å². The summed E-state index contributed by atoms with van der Waals surface area (Å²) in [5.41, 5.74) is 2.85. The van der Waals surface area contributed by atoms with Gasteiger partial charge in [0.15, 0.2) is 0 Å². The molecule has 1 aromatic heterocycles. The second-order valence-electron chi connectivity index (χ2n) is 5.61. The van der Waals surface area contributed by atoms with Gasteiger partial charge in [0.2, 0.25) is 10.0 Å². The first kappa shape index (κ1) is 15.2. The average molecular weight is 320 g/mol. The topological polar surface area (TPSA) is 63.4 Å². The molecule has 0 saturated carbocycles. The molecule has 0 N–H and O–H groups in total. The minimum atomic E-state index is -3.41. The normalized spacial score (nSPS) is 19.0. The molecule has 1 aliphatic heterocycles. The number of nitrogens with zero attached hydrogens (tertiary/aromatic N) is 2.